The zero-order valence-corrected chi connectivity index (χ0v) is 11.7. The number of carboxylic acid groups (broad SMARTS) is 1. The third kappa shape index (κ3) is 4.89. The van der Waals surface area contributed by atoms with Crippen molar-refractivity contribution < 1.29 is 19.5 Å². The molecule has 19 heavy (non-hydrogen) atoms. The molecule has 1 heterocycles. The summed E-state index contributed by atoms with van der Waals surface area (Å²) in [4.78, 5) is 35.4. The Balaban J connectivity index is 2.17. The second-order valence-corrected chi connectivity index (χ2v) is 6.02. The molecule has 0 aliphatic carbocycles. The van der Waals surface area contributed by atoms with E-state index >= 15 is 0 Å². The van der Waals surface area contributed by atoms with Gasteiger partial charge in [-0.3, -0.25) is 14.4 Å². The summed E-state index contributed by atoms with van der Waals surface area (Å²) in [6.45, 7) is 6.80. The molecule has 0 aromatic rings. The van der Waals surface area contributed by atoms with E-state index in [2.05, 4.69) is 5.32 Å². The lowest BCUT2D eigenvalue weighted by atomic mass is 9.95. The Labute approximate surface area is 113 Å². The second kappa shape index (κ2) is 6.04. The number of likely N-dealkylation sites (tertiary alicyclic amines) is 1. The fourth-order valence-corrected chi connectivity index (χ4v) is 1.86. The predicted octanol–water partition coefficient (Wildman–Crippen LogP) is 0.472. The van der Waals surface area contributed by atoms with Gasteiger partial charge in [0.2, 0.25) is 11.8 Å². The van der Waals surface area contributed by atoms with Gasteiger partial charge in [0.25, 0.3) is 0 Å². The molecule has 6 heteroatoms. The Hall–Kier alpha value is -1.59. The van der Waals surface area contributed by atoms with Crippen molar-refractivity contribution in [2.45, 2.75) is 33.6 Å². The highest BCUT2D eigenvalue weighted by molar-refractivity contribution is 5.82. The minimum absolute atomic E-state index is 0.0316. The molecule has 0 atom stereocenters. The topological polar surface area (TPSA) is 86.7 Å². The third-order valence-corrected chi connectivity index (χ3v) is 3.08. The number of amides is 2. The lowest BCUT2D eigenvalue weighted by Crippen LogP contribution is -2.51. The number of carbonyl (C=O) groups is 3. The van der Waals surface area contributed by atoms with Crippen LogP contribution in [0.5, 0.6) is 0 Å². The van der Waals surface area contributed by atoms with E-state index in [1.807, 2.05) is 20.8 Å². The molecule has 1 fully saturated rings. The Morgan fingerprint density at radius 2 is 1.84 bits per heavy atom. The van der Waals surface area contributed by atoms with Gasteiger partial charge in [-0.15, -0.1) is 0 Å². The zero-order valence-electron chi connectivity index (χ0n) is 11.7. The lowest BCUT2D eigenvalue weighted by Gasteiger charge is -2.38. The molecule has 0 saturated carbocycles. The van der Waals surface area contributed by atoms with Gasteiger partial charge in [-0.05, 0) is 0 Å². The van der Waals surface area contributed by atoms with Crippen molar-refractivity contribution in [2.24, 2.45) is 11.3 Å². The summed E-state index contributed by atoms with van der Waals surface area (Å²) >= 11 is 0. The van der Waals surface area contributed by atoms with Crippen molar-refractivity contribution in [3.63, 3.8) is 0 Å². The number of nitrogens with zero attached hydrogens (tertiary/aromatic N) is 1. The van der Waals surface area contributed by atoms with Crippen LogP contribution in [0.2, 0.25) is 0 Å². The number of hydrogen-bond donors (Lipinski definition) is 2. The van der Waals surface area contributed by atoms with Crippen LogP contribution in [0.4, 0.5) is 0 Å². The third-order valence-electron chi connectivity index (χ3n) is 3.08. The average molecular weight is 270 g/mol. The van der Waals surface area contributed by atoms with Crippen molar-refractivity contribution in [3.05, 3.63) is 0 Å². The number of aliphatic carboxylic acids is 1. The molecule has 0 spiro atoms. The summed E-state index contributed by atoms with van der Waals surface area (Å²) in [6, 6.07) is 0. The van der Waals surface area contributed by atoms with Gasteiger partial charge in [0.05, 0.1) is 6.42 Å². The van der Waals surface area contributed by atoms with Crippen molar-refractivity contribution in [3.8, 4) is 0 Å². The maximum atomic E-state index is 11.7. The van der Waals surface area contributed by atoms with Crippen LogP contribution >= 0.6 is 0 Å². The maximum absolute atomic E-state index is 11.7. The molecule has 1 aliphatic rings. The molecular formula is C13H22N2O4. The van der Waals surface area contributed by atoms with Gasteiger partial charge in [-0.1, -0.05) is 20.8 Å². The number of carbonyl (C=O) groups excluding carboxylic acids is 2. The first kappa shape index (κ1) is 15.5. The first-order valence-electron chi connectivity index (χ1n) is 6.48. The largest absolute Gasteiger partial charge is 0.481 e. The first-order chi connectivity index (χ1) is 8.70. The van der Waals surface area contributed by atoms with E-state index in [1.54, 1.807) is 4.90 Å². The molecule has 0 aromatic carbocycles. The molecule has 0 bridgehead atoms. The Morgan fingerprint density at radius 3 is 2.32 bits per heavy atom. The van der Waals surface area contributed by atoms with E-state index in [0.29, 0.717) is 19.6 Å². The van der Waals surface area contributed by atoms with E-state index in [9.17, 15) is 14.4 Å². The molecule has 108 valence electrons. The Kier molecular flexibility index (Phi) is 4.91. The van der Waals surface area contributed by atoms with Crippen molar-refractivity contribution in [2.75, 3.05) is 19.6 Å². The molecule has 1 rings (SSSR count). The van der Waals surface area contributed by atoms with E-state index < -0.39 is 11.4 Å². The van der Waals surface area contributed by atoms with E-state index in [4.69, 9.17) is 5.11 Å². The highest BCUT2D eigenvalue weighted by atomic mass is 16.4. The highest BCUT2D eigenvalue weighted by Crippen LogP contribution is 2.19. The number of carboxylic acids is 1. The normalized spacial score (nSPS) is 15.8. The van der Waals surface area contributed by atoms with Crippen LogP contribution in [0.15, 0.2) is 0 Å². The Bertz CT molecular complexity index is 367. The van der Waals surface area contributed by atoms with Crippen molar-refractivity contribution in [1.29, 1.82) is 0 Å². The fourth-order valence-electron chi connectivity index (χ4n) is 1.86. The van der Waals surface area contributed by atoms with Crippen molar-refractivity contribution in [1.82, 2.24) is 10.2 Å². The Morgan fingerprint density at radius 1 is 1.26 bits per heavy atom. The molecule has 2 N–H and O–H groups in total. The molecule has 6 nitrogen and oxygen atoms in total. The van der Waals surface area contributed by atoms with Crippen molar-refractivity contribution >= 4 is 17.8 Å². The van der Waals surface area contributed by atoms with Crippen LogP contribution in [0, 0.1) is 11.3 Å². The van der Waals surface area contributed by atoms with Crippen LogP contribution in [0.25, 0.3) is 0 Å². The molecule has 0 unspecified atom stereocenters. The zero-order chi connectivity index (χ0) is 14.6. The van der Waals surface area contributed by atoms with Gasteiger partial charge in [0.15, 0.2) is 0 Å². The van der Waals surface area contributed by atoms with E-state index in [-0.39, 0.29) is 30.6 Å². The summed E-state index contributed by atoms with van der Waals surface area (Å²) in [6.07, 6.45) is 0.381. The minimum atomic E-state index is -0.825. The van der Waals surface area contributed by atoms with Gasteiger partial charge >= 0.3 is 5.97 Å². The fraction of sp³-hybridized carbons (Fsp3) is 0.769. The summed E-state index contributed by atoms with van der Waals surface area (Å²) in [7, 11) is 0. The number of nitrogens with one attached hydrogen (secondary N) is 1. The lowest BCUT2D eigenvalue weighted by molar-refractivity contribution is -0.145. The second-order valence-electron chi connectivity index (χ2n) is 6.02. The van der Waals surface area contributed by atoms with E-state index in [0.717, 1.165) is 0 Å². The highest BCUT2D eigenvalue weighted by Gasteiger charge is 2.31. The van der Waals surface area contributed by atoms with Gasteiger partial charge in [-0.25, -0.2) is 0 Å². The van der Waals surface area contributed by atoms with Gasteiger partial charge in [0, 0.05) is 37.4 Å². The SMILES string of the molecule is CC(C)(C)C(=O)NCCC(=O)N1CC(CC(=O)O)C1. The standard InChI is InChI=1S/C13H22N2O4/c1-13(2,3)12(19)14-5-4-10(16)15-7-9(8-15)6-11(17)18/h9H,4-8H2,1-3H3,(H,14,19)(H,17,18). The van der Waals surface area contributed by atoms with Crippen LogP contribution in [0.3, 0.4) is 0 Å². The minimum Gasteiger partial charge on any atom is -0.481 e. The molecule has 1 aliphatic heterocycles. The van der Waals surface area contributed by atoms with Crippen LogP contribution in [-0.4, -0.2) is 47.4 Å². The van der Waals surface area contributed by atoms with E-state index in [1.165, 1.54) is 0 Å². The summed E-state index contributed by atoms with van der Waals surface area (Å²) < 4.78 is 0. The average Bonchev–Trinajstić information content (AvgIpc) is 2.20. The van der Waals surface area contributed by atoms with Crippen LogP contribution < -0.4 is 5.32 Å². The van der Waals surface area contributed by atoms with Crippen LogP contribution in [0.1, 0.15) is 33.6 Å². The van der Waals surface area contributed by atoms with Gasteiger partial charge < -0.3 is 15.3 Å². The smallest absolute Gasteiger partial charge is 0.303 e. The monoisotopic (exact) mass is 270 g/mol. The summed E-state index contributed by atoms with van der Waals surface area (Å²) in [5.74, 6) is -0.858. The van der Waals surface area contributed by atoms with Gasteiger partial charge in [-0.2, -0.15) is 0 Å². The molecule has 2 amide bonds. The number of rotatable bonds is 5. The predicted molar refractivity (Wildman–Crippen MR) is 69.4 cm³/mol. The summed E-state index contributed by atoms with van der Waals surface area (Å²) in [5.41, 5.74) is -0.452. The first-order valence-corrected chi connectivity index (χ1v) is 6.48. The quantitative estimate of drug-likeness (QED) is 0.760. The van der Waals surface area contributed by atoms with Crippen LogP contribution in [-0.2, 0) is 14.4 Å². The number of hydrogen-bond acceptors (Lipinski definition) is 3. The molecule has 0 aromatic heterocycles. The summed E-state index contributed by atoms with van der Waals surface area (Å²) in [5, 5.41) is 11.3. The molecular weight excluding hydrogens is 248 g/mol. The molecule has 0 radical (unpaired) electrons. The maximum Gasteiger partial charge on any atom is 0.303 e. The molecule has 1 saturated heterocycles. The van der Waals surface area contributed by atoms with Gasteiger partial charge in [0.1, 0.15) is 0 Å².